The molecule has 1 aliphatic heterocycles. The lowest BCUT2D eigenvalue weighted by Gasteiger charge is -2.28. The van der Waals surface area contributed by atoms with Crippen molar-refractivity contribution in [1.82, 2.24) is 9.88 Å². The minimum atomic E-state index is 0.132. The summed E-state index contributed by atoms with van der Waals surface area (Å²) >= 11 is 2.19. The topological polar surface area (TPSA) is 33.2 Å². The van der Waals surface area contributed by atoms with Crippen molar-refractivity contribution in [3.8, 4) is 0 Å². The van der Waals surface area contributed by atoms with Crippen molar-refractivity contribution in [2.75, 3.05) is 0 Å². The number of hydrogen-bond donors (Lipinski definition) is 0. The van der Waals surface area contributed by atoms with Gasteiger partial charge in [0.25, 0.3) is 5.91 Å². The van der Waals surface area contributed by atoms with Crippen LogP contribution < -0.4 is 0 Å². The number of nitrogens with zero attached hydrogens (tertiary/aromatic N) is 2. The Bertz CT molecular complexity index is 422. The number of likely N-dealkylation sites (tertiary alicyclic amines) is 1. The van der Waals surface area contributed by atoms with Gasteiger partial charge < -0.3 is 4.90 Å². The number of halogens is 1. The number of carbonyl (C=O) groups excluding carboxylic acids is 1. The van der Waals surface area contributed by atoms with Crippen LogP contribution in [-0.2, 0) is 0 Å². The van der Waals surface area contributed by atoms with Gasteiger partial charge in [0.15, 0.2) is 0 Å². The smallest absolute Gasteiger partial charge is 0.255 e. The highest BCUT2D eigenvalue weighted by molar-refractivity contribution is 14.1. The second kappa shape index (κ2) is 5.33. The average Bonchev–Trinajstić information content (AvgIpc) is 2.69. The molecule has 3 nitrogen and oxygen atoms in total. The van der Waals surface area contributed by atoms with Crippen molar-refractivity contribution in [3.63, 3.8) is 0 Å². The monoisotopic (exact) mass is 344 g/mol. The Kier molecular flexibility index (Phi) is 4.01. The number of rotatable bonds is 2. The third-order valence-corrected chi connectivity index (χ3v) is 4.03. The molecular formula is C13H17IN2O. The zero-order valence-corrected chi connectivity index (χ0v) is 12.3. The molecule has 17 heavy (non-hydrogen) atoms. The van der Waals surface area contributed by atoms with E-state index >= 15 is 0 Å². The fraction of sp³-hybridized carbons (Fsp3) is 0.538. The Labute approximate surface area is 116 Å². The van der Waals surface area contributed by atoms with Crippen molar-refractivity contribution < 1.29 is 4.79 Å². The highest BCUT2D eigenvalue weighted by atomic mass is 127. The molecule has 92 valence electrons. The van der Waals surface area contributed by atoms with Crippen LogP contribution in [-0.4, -0.2) is 27.9 Å². The van der Waals surface area contributed by atoms with Crippen LogP contribution in [0.3, 0.4) is 0 Å². The van der Waals surface area contributed by atoms with Gasteiger partial charge in [-0.15, -0.1) is 0 Å². The van der Waals surface area contributed by atoms with E-state index in [0.717, 1.165) is 22.8 Å². The molecule has 1 aromatic heterocycles. The van der Waals surface area contributed by atoms with Crippen LogP contribution in [0.5, 0.6) is 0 Å². The zero-order valence-electron chi connectivity index (χ0n) is 10.2. The zero-order chi connectivity index (χ0) is 12.4. The molecule has 1 aliphatic rings. The molecule has 2 atom stereocenters. The molecule has 2 heterocycles. The lowest BCUT2D eigenvalue weighted by atomic mass is 10.1. The normalized spacial score (nSPS) is 24.1. The van der Waals surface area contributed by atoms with Crippen LogP contribution in [0.25, 0.3) is 0 Å². The number of carbonyl (C=O) groups is 1. The van der Waals surface area contributed by atoms with E-state index in [-0.39, 0.29) is 5.91 Å². The second-order valence-corrected chi connectivity index (χ2v) is 5.84. The first-order valence-electron chi connectivity index (χ1n) is 6.06. The molecule has 4 heteroatoms. The van der Waals surface area contributed by atoms with Crippen molar-refractivity contribution in [3.05, 3.63) is 27.6 Å². The highest BCUT2D eigenvalue weighted by Crippen LogP contribution is 2.27. The minimum Gasteiger partial charge on any atom is -0.333 e. The first-order valence-corrected chi connectivity index (χ1v) is 7.14. The highest BCUT2D eigenvalue weighted by Gasteiger charge is 2.33. The van der Waals surface area contributed by atoms with Gasteiger partial charge in [-0.25, -0.2) is 0 Å². The molecule has 0 aromatic carbocycles. The van der Waals surface area contributed by atoms with Gasteiger partial charge in [0, 0.05) is 28.0 Å². The van der Waals surface area contributed by atoms with Crippen molar-refractivity contribution in [2.45, 2.75) is 45.2 Å². The molecule has 1 amide bonds. The van der Waals surface area contributed by atoms with Crippen LogP contribution in [0, 0.1) is 3.57 Å². The third-order valence-electron chi connectivity index (χ3n) is 3.44. The summed E-state index contributed by atoms with van der Waals surface area (Å²) in [6.07, 6.45) is 6.71. The van der Waals surface area contributed by atoms with E-state index in [9.17, 15) is 4.79 Å². The van der Waals surface area contributed by atoms with Gasteiger partial charge in [-0.1, -0.05) is 6.92 Å². The molecule has 1 fully saturated rings. The Morgan fingerprint density at radius 2 is 2.29 bits per heavy atom. The summed E-state index contributed by atoms with van der Waals surface area (Å²) in [5.41, 5.74) is 0.712. The van der Waals surface area contributed by atoms with Gasteiger partial charge in [0.2, 0.25) is 0 Å². The first-order chi connectivity index (χ1) is 8.13. The van der Waals surface area contributed by atoms with Gasteiger partial charge in [-0.2, -0.15) is 0 Å². The van der Waals surface area contributed by atoms with Gasteiger partial charge in [-0.05, 0) is 54.8 Å². The Morgan fingerprint density at radius 3 is 2.94 bits per heavy atom. The second-order valence-electron chi connectivity index (χ2n) is 4.59. The lowest BCUT2D eigenvalue weighted by Crippen LogP contribution is -2.39. The van der Waals surface area contributed by atoms with Crippen LogP contribution >= 0.6 is 22.6 Å². The fourth-order valence-electron chi connectivity index (χ4n) is 2.52. The van der Waals surface area contributed by atoms with Crippen LogP contribution in [0.1, 0.15) is 43.5 Å². The van der Waals surface area contributed by atoms with Gasteiger partial charge in [-0.3, -0.25) is 9.78 Å². The Balaban J connectivity index is 2.24. The maximum atomic E-state index is 12.5. The van der Waals surface area contributed by atoms with E-state index in [1.165, 1.54) is 0 Å². The molecular weight excluding hydrogens is 327 g/mol. The predicted molar refractivity (Wildman–Crippen MR) is 75.9 cm³/mol. The third kappa shape index (κ3) is 2.61. The van der Waals surface area contributed by atoms with Crippen LogP contribution in [0.2, 0.25) is 0 Å². The standard InChI is InChI=1S/C13H17IN2O/c1-3-12-5-4-9(2)16(12)13(17)10-6-11(14)8-15-7-10/h6-9,12H,3-5H2,1-2H3/t9-,12-/m0/s1. The molecule has 0 bridgehead atoms. The largest absolute Gasteiger partial charge is 0.333 e. The summed E-state index contributed by atoms with van der Waals surface area (Å²) in [5.74, 6) is 0.132. The summed E-state index contributed by atoms with van der Waals surface area (Å²) in [5, 5.41) is 0. The molecule has 0 spiro atoms. The summed E-state index contributed by atoms with van der Waals surface area (Å²) in [6.45, 7) is 4.28. The van der Waals surface area contributed by atoms with E-state index in [1.54, 1.807) is 12.4 Å². The van der Waals surface area contributed by atoms with E-state index in [0.29, 0.717) is 17.6 Å². The van der Waals surface area contributed by atoms with Gasteiger partial charge >= 0.3 is 0 Å². The quantitative estimate of drug-likeness (QED) is 0.773. The summed E-state index contributed by atoms with van der Waals surface area (Å²) < 4.78 is 1.01. The van der Waals surface area contributed by atoms with Crippen LogP contribution in [0.4, 0.5) is 0 Å². The minimum absolute atomic E-state index is 0.132. The van der Waals surface area contributed by atoms with E-state index in [1.807, 2.05) is 11.0 Å². The summed E-state index contributed by atoms with van der Waals surface area (Å²) in [6, 6.07) is 2.66. The van der Waals surface area contributed by atoms with E-state index in [2.05, 4.69) is 41.4 Å². The Morgan fingerprint density at radius 1 is 1.53 bits per heavy atom. The fourth-order valence-corrected chi connectivity index (χ4v) is 3.01. The summed E-state index contributed by atoms with van der Waals surface area (Å²) in [4.78, 5) is 18.6. The predicted octanol–water partition coefficient (Wildman–Crippen LogP) is 3.09. The van der Waals surface area contributed by atoms with Crippen molar-refractivity contribution in [2.24, 2.45) is 0 Å². The molecule has 0 N–H and O–H groups in total. The molecule has 0 radical (unpaired) electrons. The Hall–Kier alpha value is -0.650. The number of pyridine rings is 1. The van der Waals surface area contributed by atoms with E-state index < -0.39 is 0 Å². The lowest BCUT2D eigenvalue weighted by molar-refractivity contribution is 0.0676. The van der Waals surface area contributed by atoms with Crippen LogP contribution in [0.15, 0.2) is 18.5 Å². The van der Waals surface area contributed by atoms with E-state index in [4.69, 9.17) is 0 Å². The maximum absolute atomic E-state index is 12.5. The number of aromatic nitrogens is 1. The number of amides is 1. The van der Waals surface area contributed by atoms with Crippen molar-refractivity contribution in [1.29, 1.82) is 0 Å². The number of hydrogen-bond acceptors (Lipinski definition) is 2. The first kappa shape index (κ1) is 12.8. The molecule has 2 rings (SSSR count). The maximum Gasteiger partial charge on any atom is 0.255 e. The van der Waals surface area contributed by atoms with Gasteiger partial charge in [0.1, 0.15) is 0 Å². The molecule has 1 saturated heterocycles. The average molecular weight is 344 g/mol. The molecule has 0 aliphatic carbocycles. The summed E-state index contributed by atoms with van der Waals surface area (Å²) in [7, 11) is 0. The molecule has 0 unspecified atom stereocenters. The molecule has 0 saturated carbocycles. The molecule has 1 aromatic rings. The SMILES string of the molecule is CC[C@H]1CC[C@H](C)N1C(=O)c1cncc(I)c1. The van der Waals surface area contributed by atoms with Crippen molar-refractivity contribution >= 4 is 28.5 Å². The van der Waals surface area contributed by atoms with Gasteiger partial charge in [0.05, 0.1) is 5.56 Å².